The Kier molecular flexibility index (Phi) is 2.72. The first-order chi connectivity index (χ1) is 4.77. The van der Waals surface area contributed by atoms with Gasteiger partial charge in [-0.15, -0.1) is 0 Å². The Labute approximate surface area is 64.4 Å². The topological polar surface area (TPSA) is 3.24 Å². The summed E-state index contributed by atoms with van der Waals surface area (Å²) in [5.41, 5.74) is 0. The van der Waals surface area contributed by atoms with Crippen molar-refractivity contribution in [2.75, 3.05) is 13.6 Å². The molecule has 1 heteroatoms. The lowest BCUT2D eigenvalue weighted by molar-refractivity contribution is 0.104. The van der Waals surface area contributed by atoms with E-state index in [4.69, 9.17) is 0 Å². The molecule has 0 aromatic carbocycles. The fourth-order valence-corrected chi connectivity index (χ4v) is 1.65. The van der Waals surface area contributed by atoms with Crippen molar-refractivity contribution in [2.24, 2.45) is 5.92 Å². The van der Waals surface area contributed by atoms with E-state index in [1.54, 1.807) is 0 Å². The number of rotatable bonds is 3. The second-order valence-corrected chi connectivity index (χ2v) is 3.47. The SMILES string of the molecule is CCC1CC(N(C)CC)C1. The molecule has 0 saturated heterocycles. The summed E-state index contributed by atoms with van der Waals surface area (Å²) in [6.07, 6.45) is 4.27. The quantitative estimate of drug-likeness (QED) is 0.582. The molecule has 0 bridgehead atoms. The summed E-state index contributed by atoms with van der Waals surface area (Å²) in [4.78, 5) is 2.46. The van der Waals surface area contributed by atoms with Crippen LogP contribution in [0.4, 0.5) is 0 Å². The van der Waals surface area contributed by atoms with Gasteiger partial charge in [-0.2, -0.15) is 0 Å². The van der Waals surface area contributed by atoms with Gasteiger partial charge in [-0.25, -0.2) is 0 Å². The maximum absolute atomic E-state index is 2.46. The lowest BCUT2D eigenvalue weighted by Crippen LogP contribution is -2.42. The first-order valence-electron chi connectivity index (χ1n) is 4.48. The highest BCUT2D eigenvalue weighted by Crippen LogP contribution is 2.32. The van der Waals surface area contributed by atoms with E-state index in [1.807, 2.05) is 0 Å². The Morgan fingerprint density at radius 3 is 2.30 bits per heavy atom. The van der Waals surface area contributed by atoms with Gasteiger partial charge < -0.3 is 4.90 Å². The summed E-state index contributed by atoms with van der Waals surface area (Å²) in [5, 5.41) is 0. The van der Waals surface area contributed by atoms with Crippen LogP contribution in [0.15, 0.2) is 0 Å². The molecule has 10 heavy (non-hydrogen) atoms. The molecular weight excluding hydrogens is 122 g/mol. The lowest BCUT2D eigenvalue weighted by atomic mass is 9.78. The van der Waals surface area contributed by atoms with Gasteiger partial charge in [-0.3, -0.25) is 0 Å². The average molecular weight is 141 g/mol. The fourth-order valence-electron chi connectivity index (χ4n) is 1.65. The summed E-state index contributed by atoms with van der Waals surface area (Å²) < 4.78 is 0. The van der Waals surface area contributed by atoms with Crippen molar-refractivity contribution in [1.29, 1.82) is 0 Å². The van der Waals surface area contributed by atoms with Crippen LogP contribution in [0.1, 0.15) is 33.1 Å². The molecule has 1 aliphatic rings. The van der Waals surface area contributed by atoms with Gasteiger partial charge in [0.25, 0.3) is 0 Å². The molecule has 0 radical (unpaired) electrons. The standard InChI is InChI=1S/C9H19N/c1-4-8-6-9(7-8)10(3)5-2/h8-9H,4-7H2,1-3H3. The van der Waals surface area contributed by atoms with Gasteiger partial charge in [0.2, 0.25) is 0 Å². The summed E-state index contributed by atoms with van der Waals surface area (Å²) in [7, 11) is 2.23. The van der Waals surface area contributed by atoms with Gasteiger partial charge in [0.15, 0.2) is 0 Å². The van der Waals surface area contributed by atoms with Gasteiger partial charge in [0.05, 0.1) is 0 Å². The molecule has 0 aromatic rings. The second-order valence-electron chi connectivity index (χ2n) is 3.47. The number of hydrogen-bond acceptors (Lipinski definition) is 1. The first-order valence-corrected chi connectivity index (χ1v) is 4.48. The highest BCUT2D eigenvalue weighted by Gasteiger charge is 2.29. The van der Waals surface area contributed by atoms with Crippen molar-refractivity contribution in [3.8, 4) is 0 Å². The summed E-state index contributed by atoms with van der Waals surface area (Å²) >= 11 is 0. The lowest BCUT2D eigenvalue weighted by Gasteiger charge is -2.40. The molecule has 0 aromatic heterocycles. The summed E-state index contributed by atoms with van der Waals surface area (Å²) in [6, 6.07) is 0.912. The summed E-state index contributed by atoms with van der Waals surface area (Å²) in [5.74, 6) is 1.04. The van der Waals surface area contributed by atoms with E-state index >= 15 is 0 Å². The Bertz CT molecular complexity index is 94.9. The molecule has 0 unspecified atom stereocenters. The molecule has 0 atom stereocenters. The fraction of sp³-hybridized carbons (Fsp3) is 1.00. The summed E-state index contributed by atoms with van der Waals surface area (Å²) in [6.45, 7) is 5.74. The van der Waals surface area contributed by atoms with E-state index in [0.717, 1.165) is 12.0 Å². The zero-order valence-corrected chi connectivity index (χ0v) is 7.43. The van der Waals surface area contributed by atoms with E-state index in [-0.39, 0.29) is 0 Å². The molecule has 0 amide bonds. The molecule has 1 rings (SSSR count). The average Bonchev–Trinajstić information content (AvgIpc) is 1.85. The molecule has 1 nitrogen and oxygen atoms in total. The van der Waals surface area contributed by atoms with Crippen LogP contribution in [0.5, 0.6) is 0 Å². The Balaban J connectivity index is 2.13. The van der Waals surface area contributed by atoms with E-state index in [1.165, 1.54) is 25.8 Å². The minimum atomic E-state index is 0.912. The minimum Gasteiger partial charge on any atom is -0.304 e. The van der Waals surface area contributed by atoms with Crippen LogP contribution >= 0.6 is 0 Å². The van der Waals surface area contributed by atoms with Crippen LogP contribution in [-0.2, 0) is 0 Å². The van der Waals surface area contributed by atoms with Crippen LogP contribution in [0.2, 0.25) is 0 Å². The minimum absolute atomic E-state index is 0.912. The predicted molar refractivity (Wildman–Crippen MR) is 45.1 cm³/mol. The predicted octanol–water partition coefficient (Wildman–Crippen LogP) is 2.13. The van der Waals surface area contributed by atoms with E-state index in [0.29, 0.717) is 0 Å². The molecule has 1 aliphatic carbocycles. The van der Waals surface area contributed by atoms with Crippen molar-refractivity contribution >= 4 is 0 Å². The number of hydrogen-bond donors (Lipinski definition) is 0. The second kappa shape index (κ2) is 3.38. The van der Waals surface area contributed by atoms with E-state index < -0.39 is 0 Å². The first kappa shape index (κ1) is 8.06. The van der Waals surface area contributed by atoms with Crippen molar-refractivity contribution in [1.82, 2.24) is 4.90 Å². The van der Waals surface area contributed by atoms with Gasteiger partial charge in [0.1, 0.15) is 0 Å². The highest BCUT2D eigenvalue weighted by molar-refractivity contribution is 4.84. The van der Waals surface area contributed by atoms with Crippen molar-refractivity contribution in [2.45, 2.75) is 39.2 Å². The van der Waals surface area contributed by atoms with Crippen LogP contribution in [0.3, 0.4) is 0 Å². The highest BCUT2D eigenvalue weighted by atomic mass is 15.1. The Morgan fingerprint density at radius 1 is 1.30 bits per heavy atom. The molecule has 1 fully saturated rings. The van der Waals surface area contributed by atoms with Crippen molar-refractivity contribution in [3.63, 3.8) is 0 Å². The normalized spacial score (nSPS) is 32.4. The maximum atomic E-state index is 2.46. The van der Waals surface area contributed by atoms with Gasteiger partial charge in [-0.05, 0) is 32.4 Å². The van der Waals surface area contributed by atoms with Gasteiger partial charge >= 0.3 is 0 Å². The van der Waals surface area contributed by atoms with Crippen molar-refractivity contribution < 1.29 is 0 Å². The molecule has 60 valence electrons. The van der Waals surface area contributed by atoms with Crippen LogP contribution < -0.4 is 0 Å². The molecular formula is C9H19N. The van der Waals surface area contributed by atoms with Crippen LogP contribution in [-0.4, -0.2) is 24.5 Å². The maximum Gasteiger partial charge on any atom is 0.00973 e. The van der Waals surface area contributed by atoms with E-state index in [9.17, 15) is 0 Å². The smallest absolute Gasteiger partial charge is 0.00973 e. The molecule has 0 spiro atoms. The van der Waals surface area contributed by atoms with Gasteiger partial charge in [-0.1, -0.05) is 20.3 Å². The molecule has 0 aliphatic heterocycles. The Morgan fingerprint density at radius 2 is 1.90 bits per heavy atom. The molecule has 0 heterocycles. The third-order valence-electron chi connectivity index (χ3n) is 2.91. The monoisotopic (exact) mass is 141 g/mol. The largest absolute Gasteiger partial charge is 0.304 e. The van der Waals surface area contributed by atoms with E-state index in [2.05, 4.69) is 25.8 Å². The third-order valence-corrected chi connectivity index (χ3v) is 2.91. The molecule has 1 saturated carbocycles. The third kappa shape index (κ3) is 1.51. The molecule has 0 N–H and O–H groups in total. The van der Waals surface area contributed by atoms with Gasteiger partial charge in [0, 0.05) is 6.04 Å². The number of nitrogens with zero attached hydrogens (tertiary/aromatic N) is 1. The Hall–Kier alpha value is -0.0400. The zero-order chi connectivity index (χ0) is 7.56. The van der Waals surface area contributed by atoms with Crippen LogP contribution in [0, 0.1) is 5.92 Å². The van der Waals surface area contributed by atoms with Crippen molar-refractivity contribution in [3.05, 3.63) is 0 Å². The van der Waals surface area contributed by atoms with Crippen LogP contribution in [0.25, 0.3) is 0 Å². The zero-order valence-electron chi connectivity index (χ0n) is 7.43.